The van der Waals surface area contributed by atoms with E-state index in [-0.39, 0.29) is 18.2 Å². The molecule has 0 saturated carbocycles. The molecule has 1 saturated heterocycles. The van der Waals surface area contributed by atoms with E-state index in [1.807, 2.05) is 0 Å². The Morgan fingerprint density at radius 3 is 3.25 bits per heavy atom. The molecule has 0 aromatic carbocycles. The molecule has 0 N–H and O–H groups in total. The van der Waals surface area contributed by atoms with Gasteiger partial charge in [0.25, 0.3) is 0 Å². The molecule has 0 aromatic rings. The van der Waals surface area contributed by atoms with Crippen molar-refractivity contribution in [2.75, 3.05) is 6.61 Å². The number of carbonyl (C=O) groups excluding carboxylic acids is 1. The number of hydrogen-bond acceptors (Lipinski definition) is 4. The van der Waals surface area contributed by atoms with Crippen molar-refractivity contribution in [2.24, 2.45) is 0 Å². The lowest BCUT2D eigenvalue weighted by Crippen LogP contribution is -2.49. The van der Waals surface area contributed by atoms with Crippen molar-refractivity contribution in [1.29, 1.82) is 0 Å². The van der Waals surface area contributed by atoms with Crippen LogP contribution in [0.1, 0.15) is 6.92 Å². The van der Waals surface area contributed by atoms with Crippen molar-refractivity contribution >= 4 is 5.78 Å². The summed E-state index contributed by atoms with van der Waals surface area (Å²) in [5.74, 6) is -0.0404. The molecule has 0 spiro atoms. The van der Waals surface area contributed by atoms with E-state index in [9.17, 15) is 4.79 Å². The van der Waals surface area contributed by atoms with Gasteiger partial charge in [0.1, 0.15) is 0 Å². The first-order valence-electron chi connectivity index (χ1n) is 3.90. The van der Waals surface area contributed by atoms with Crippen LogP contribution in [0.5, 0.6) is 0 Å². The highest BCUT2D eigenvalue weighted by Crippen LogP contribution is 2.19. The van der Waals surface area contributed by atoms with Gasteiger partial charge in [-0.15, -0.1) is 0 Å². The molecular formula is C8H10O4. The number of carbonyl (C=O) groups is 1. The normalized spacial score (nSPS) is 40.4. The zero-order valence-electron chi connectivity index (χ0n) is 6.73. The zero-order valence-corrected chi connectivity index (χ0v) is 6.73. The van der Waals surface area contributed by atoms with Crippen molar-refractivity contribution < 1.29 is 19.0 Å². The van der Waals surface area contributed by atoms with Crippen LogP contribution >= 0.6 is 0 Å². The third-order valence-corrected chi connectivity index (χ3v) is 1.94. The largest absolute Gasteiger partial charge is 0.492 e. The van der Waals surface area contributed by atoms with Gasteiger partial charge in [-0.3, -0.25) is 4.79 Å². The number of fused-ring (bicyclic) bond motifs is 1. The van der Waals surface area contributed by atoms with Gasteiger partial charge < -0.3 is 14.2 Å². The highest BCUT2D eigenvalue weighted by atomic mass is 16.7. The van der Waals surface area contributed by atoms with Gasteiger partial charge in [-0.25, -0.2) is 0 Å². The molecule has 0 aliphatic carbocycles. The maximum atomic E-state index is 11.2. The average molecular weight is 170 g/mol. The second-order valence-electron chi connectivity index (χ2n) is 2.84. The number of ketones is 1. The van der Waals surface area contributed by atoms with Gasteiger partial charge in [-0.2, -0.15) is 0 Å². The third-order valence-electron chi connectivity index (χ3n) is 1.94. The molecule has 2 rings (SSSR count). The lowest BCUT2D eigenvalue weighted by atomic mass is 10.1. The van der Waals surface area contributed by atoms with Crippen molar-refractivity contribution in [1.82, 2.24) is 0 Å². The second kappa shape index (κ2) is 2.88. The van der Waals surface area contributed by atoms with Gasteiger partial charge in [-0.1, -0.05) is 0 Å². The van der Waals surface area contributed by atoms with Gasteiger partial charge >= 0.3 is 0 Å². The zero-order chi connectivity index (χ0) is 8.55. The maximum Gasteiger partial charge on any atom is 0.191 e. The number of hydrogen-bond donors (Lipinski definition) is 0. The lowest BCUT2D eigenvalue weighted by molar-refractivity contribution is -0.241. The summed E-state index contributed by atoms with van der Waals surface area (Å²) in [6, 6.07) is 0. The predicted octanol–water partition coefficient (Wildman–Crippen LogP) is 0.229. The van der Waals surface area contributed by atoms with Gasteiger partial charge in [0, 0.05) is 6.08 Å². The fourth-order valence-electron chi connectivity index (χ4n) is 1.31. The van der Waals surface area contributed by atoms with Gasteiger partial charge in [0.2, 0.25) is 0 Å². The van der Waals surface area contributed by atoms with Gasteiger partial charge in [0.05, 0.1) is 12.9 Å². The molecule has 66 valence electrons. The standard InChI is InChI=1S/C8H10O4/c1-5-11-4-7-8(12-5)6(9)2-3-10-7/h2-3,5,7-8H,4H2,1H3/t5-,7+,8+/m1/s1. The quantitative estimate of drug-likeness (QED) is 0.522. The van der Waals surface area contributed by atoms with Crippen LogP contribution in [0.2, 0.25) is 0 Å². The topological polar surface area (TPSA) is 44.8 Å². The third kappa shape index (κ3) is 1.23. The Hall–Kier alpha value is -0.870. The van der Waals surface area contributed by atoms with E-state index in [2.05, 4.69) is 0 Å². The Morgan fingerprint density at radius 1 is 1.58 bits per heavy atom. The van der Waals surface area contributed by atoms with Crippen molar-refractivity contribution in [2.45, 2.75) is 25.4 Å². The fourth-order valence-corrected chi connectivity index (χ4v) is 1.31. The monoisotopic (exact) mass is 170 g/mol. The molecule has 2 heterocycles. The van der Waals surface area contributed by atoms with Crippen molar-refractivity contribution in [3.05, 3.63) is 12.3 Å². The molecule has 0 amide bonds. The molecule has 2 aliphatic heterocycles. The molecule has 4 heteroatoms. The Balaban J connectivity index is 2.13. The molecule has 2 aliphatic rings. The summed E-state index contributed by atoms with van der Waals surface area (Å²) in [5.41, 5.74) is 0. The van der Waals surface area contributed by atoms with Gasteiger partial charge in [0.15, 0.2) is 24.3 Å². The second-order valence-corrected chi connectivity index (χ2v) is 2.84. The average Bonchev–Trinajstić information content (AvgIpc) is 2.07. The van der Waals surface area contributed by atoms with E-state index in [4.69, 9.17) is 14.2 Å². The van der Waals surface area contributed by atoms with E-state index >= 15 is 0 Å². The minimum Gasteiger partial charge on any atom is -0.492 e. The van der Waals surface area contributed by atoms with Crippen LogP contribution in [0, 0.1) is 0 Å². The Kier molecular flexibility index (Phi) is 1.86. The van der Waals surface area contributed by atoms with E-state index < -0.39 is 6.10 Å². The molecule has 0 bridgehead atoms. The predicted molar refractivity (Wildman–Crippen MR) is 39.3 cm³/mol. The Bertz CT molecular complexity index is 223. The summed E-state index contributed by atoms with van der Waals surface area (Å²) in [5, 5.41) is 0. The highest BCUT2D eigenvalue weighted by molar-refractivity contribution is 5.94. The van der Waals surface area contributed by atoms with Crippen molar-refractivity contribution in [3.8, 4) is 0 Å². The van der Waals surface area contributed by atoms with Crippen LogP contribution in [0.15, 0.2) is 12.3 Å². The van der Waals surface area contributed by atoms with Crippen LogP contribution in [0.25, 0.3) is 0 Å². The van der Waals surface area contributed by atoms with E-state index in [0.717, 1.165) is 0 Å². The molecule has 0 radical (unpaired) electrons. The molecule has 12 heavy (non-hydrogen) atoms. The van der Waals surface area contributed by atoms with Gasteiger partial charge in [-0.05, 0) is 6.92 Å². The molecule has 0 aromatic heterocycles. The minimum absolute atomic E-state index is 0.0404. The summed E-state index contributed by atoms with van der Waals surface area (Å²) in [6.07, 6.45) is 1.73. The van der Waals surface area contributed by atoms with Crippen LogP contribution < -0.4 is 0 Å². The molecule has 1 fully saturated rings. The summed E-state index contributed by atoms with van der Waals surface area (Å²) in [6.45, 7) is 2.18. The molecule has 0 unspecified atom stereocenters. The first-order valence-corrected chi connectivity index (χ1v) is 3.90. The molecule has 3 atom stereocenters. The van der Waals surface area contributed by atoms with Crippen LogP contribution in [0.4, 0.5) is 0 Å². The lowest BCUT2D eigenvalue weighted by Gasteiger charge is -2.34. The minimum atomic E-state index is -0.473. The first kappa shape index (κ1) is 7.76. The smallest absolute Gasteiger partial charge is 0.191 e. The maximum absolute atomic E-state index is 11.2. The van der Waals surface area contributed by atoms with Crippen LogP contribution in [-0.2, 0) is 19.0 Å². The summed E-state index contributed by atoms with van der Waals surface area (Å²) < 4.78 is 15.6. The Morgan fingerprint density at radius 2 is 2.42 bits per heavy atom. The number of rotatable bonds is 0. The summed E-state index contributed by atoms with van der Waals surface area (Å²) in [4.78, 5) is 11.2. The summed E-state index contributed by atoms with van der Waals surface area (Å²) in [7, 11) is 0. The SMILES string of the molecule is C[C@@H]1OC[C@@H]2OC=CC(=O)[C@@H]2O1. The molecule has 4 nitrogen and oxygen atoms in total. The van der Waals surface area contributed by atoms with E-state index in [1.54, 1.807) is 6.92 Å². The fraction of sp³-hybridized carbons (Fsp3) is 0.625. The first-order chi connectivity index (χ1) is 5.77. The van der Waals surface area contributed by atoms with Crippen molar-refractivity contribution in [3.63, 3.8) is 0 Å². The van der Waals surface area contributed by atoms with E-state index in [0.29, 0.717) is 6.61 Å². The summed E-state index contributed by atoms with van der Waals surface area (Å²) >= 11 is 0. The van der Waals surface area contributed by atoms with Crippen LogP contribution in [-0.4, -0.2) is 30.9 Å². The number of ether oxygens (including phenoxy) is 3. The highest BCUT2D eigenvalue weighted by Gasteiger charge is 2.37. The van der Waals surface area contributed by atoms with Crippen LogP contribution in [0.3, 0.4) is 0 Å². The Labute approximate surface area is 70.1 Å². The van der Waals surface area contributed by atoms with E-state index in [1.165, 1.54) is 12.3 Å². The molecular weight excluding hydrogens is 160 g/mol.